The van der Waals surface area contributed by atoms with Gasteiger partial charge in [-0.15, -0.1) is 0 Å². The van der Waals surface area contributed by atoms with E-state index in [9.17, 15) is 0 Å². The Balaban J connectivity index is 0.000000109. The van der Waals surface area contributed by atoms with E-state index in [-0.39, 0.29) is 0 Å². The molecule has 0 fully saturated rings. The topological polar surface area (TPSA) is 97.2 Å². The van der Waals surface area contributed by atoms with Crippen molar-refractivity contribution in [3.63, 3.8) is 0 Å². The Hall–Kier alpha value is -18.5. The SMILES string of the molecule is C1=CC(c2ccccc2)(c2ccccc2)c2ccc3c(c21)-c1cc(-c2cccc4c2oc2ccccc24)ccc1N(c1ccccc1)c1ccccc1-3.Cc1c(C)n(-c2ccccc2)c2ccc3c(c12)-c1ccccc1N(c1nc(-c2ccccc2)nc(-c2ccccc2)n1)c1ccccc1-3.c1ccc(N2c3ccccc3-c3ccc4c(ccn4-c4ccnc5cccnc45)c3-c3ccccc32)cc1. The summed E-state index contributed by atoms with van der Waals surface area (Å²) in [5.74, 6) is 1.83. The lowest BCUT2D eigenvalue weighted by atomic mass is 9.70. The summed E-state index contributed by atoms with van der Waals surface area (Å²) >= 11 is 0. The van der Waals surface area contributed by atoms with E-state index in [1.54, 1.807) is 0 Å². The Kier molecular flexibility index (Phi) is 19.7. The van der Waals surface area contributed by atoms with Gasteiger partial charge in [0.05, 0.1) is 61.8 Å². The van der Waals surface area contributed by atoms with Gasteiger partial charge in [0.1, 0.15) is 16.7 Å². The smallest absolute Gasteiger partial charge is 0.238 e. The molecule has 6 aromatic heterocycles. The van der Waals surface area contributed by atoms with E-state index in [4.69, 9.17) is 19.4 Å². The van der Waals surface area contributed by atoms with Crippen LogP contribution in [0.2, 0.25) is 0 Å². The second-order valence-electron chi connectivity index (χ2n) is 35.7. The predicted molar refractivity (Wildman–Crippen MR) is 572 cm³/mol. The molecule has 0 saturated heterocycles. The molecular weight excluding hydrogens is 1690 g/mol. The molecule has 139 heavy (non-hydrogen) atoms. The Morgan fingerprint density at radius 3 is 1.38 bits per heavy atom. The zero-order valence-electron chi connectivity index (χ0n) is 76.1. The van der Waals surface area contributed by atoms with Gasteiger partial charge in [-0.1, -0.05) is 346 Å². The zero-order chi connectivity index (χ0) is 92.2. The minimum absolute atomic E-state index is 0.435. The first kappa shape index (κ1) is 81.3. The fourth-order valence-corrected chi connectivity index (χ4v) is 22.0. The number of aryl methyl sites for hydroxylation is 1. The lowest BCUT2D eigenvalue weighted by Crippen LogP contribution is -2.25. The molecule has 9 heterocycles. The van der Waals surface area contributed by atoms with Gasteiger partial charge in [-0.05, 0) is 191 Å². The normalized spacial score (nSPS) is 12.7. The van der Waals surface area contributed by atoms with Crippen molar-refractivity contribution in [3.8, 4) is 112 Å². The third-order valence-corrected chi connectivity index (χ3v) is 28.2. The Morgan fingerprint density at radius 2 is 0.770 bits per heavy atom. The lowest BCUT2D eigenvalue weighted by molar-refractivity contribution is 0.670. The molecule has 0 spiro atoms. The van der Waals surface area contributed by atoms with Gasteiger partial charge in [0.25, 0.3) is 0 Å². The summed E-state index contributed by atoms with van der Waals surface area (Å²) in [4.78, 5) is 31.6. The summed E-state index contributed by atoms with van der Waals surface area (Å²) in [7, 11) is 0. The van der Waals surface area contributed by atoms with Crippen LogP contribution in [0.15, 0.2) is 484 Å². The van der Waals surface area contributed by atoms with Gasteiger partial charge in [-0.3, -0.25) is 14.9 Å². The fraction of sp³-hybridized carbons (Fsp3) is 0.0234. The van der Waals surface area contributed by atoms with Gasteiger partial charge in [0.15, 0.2) is 11.6 Å². The number of nitrogens with zero attached hydrogens (tertiary/aromatic N) is 10. The van der Waals surface area contributed by atoms with Crippen molar-refractivity contribution in [2.45, 2.75) is 19.3 Å². The van der Waals surface area contributed by atoms with Gasteiger partial charge < -0.3 is 23.4 Å². The van der Waals surface area contributed by atoms with Crippen molar-refractivity contribution in [3.05, 3.63) is 513 Å². The highest BCUT2D eigenvalue weighted by Crippen LogP contribution is 2.60. The summed E-state index contributed by atoms with van der Waals surface area (Å²) in [6.07, 6.45) is 10.6. The number of benzene rings is 18. The Labute approximate surface area is 804 Å². The molecule has 1 aliphatic carbocycles. The van der Waals surface area contributed by atoms with Crippen molar-refractivity contribution in [2.24, 2.45) is 0 Å². The van der Waals surface area contributed by atoms with E-state index < -0.39 is 5.41 Å². The van der Waals surface area contributed by atoms with E-state index >= 15 is 0 Å². The zero-order valence-corrected chi connectivity index (χ0v) is 76.1. The number of furan rings is 1. The van der Waals surface area contributed by atoms with Crippen LogP contribution < -0.4 is 14.7 Å². The molecule has 4 aliphatic rings. The van der Waals surface area contributed by atoms with Crippen LogP contribution in [-0.4, -0.2) is 34.1 Å². The van der Waals surface area contributed by atoms with Crippen LogP contribution in [0.25, 0.3) is 173 Å². The third-order valence-electron chi connectivity index (χ3n) is 28.2. The number of hydrogen-bond donors (Lipinski definition) is 0. The second kappa shape index (κ2) is 33.6. The van der Waals surface area contributed by atoms with Gasteiger partial charge in [-0.25, -0.2) is 4.98 Å². The first-order valence-corrected chi connectivity index (χ1v) is 47.3. The number of fused-ring (bicyclic) bond motifs is 25. The maximum atomic E-state index is 6.60. The maximum Gasteiger partial charge on any atom is 0.238 e. The van der Waals surface area contributed by atoms with Crippen molar-refractivity contribution >= 4 is 112 Å². The minimum atomic E-state index is -0.435. The molecule has 3 aliphatic heterocycles. The maximum absolute atomic E-state index is 6.60. The van der Waals surface area contributed by atoms with Crippen molar-refractivity contribution in [2.75, 3.05) is 14.7 Å². The molecule has 0 bridgehead atoms. The number of anilines is 9. The fourth-order valence-electron chi connectivity index (χ4n) is 22.0. The molecule has 0 unspecified atom stereocenters. The monoisotopic (exact) mass is 1780 g/mol. The van der Waals surface area contributed by atoms with Crippen LogP contribution in [0.1, 0.15) is 33.5 Å². The van der Waals surface area contributed by atoms with E-state index in [1.807, 2.05) is 97.3 Å². The Morgan fingerprint density at radius 1 is 0.295 bits per heavy atom. The van der Waals surface area contributed by atoms with Crippen LogP contribution in [0, 0.1) is 13.8 Å². The average Bonchev–Trinajstić information content (AvgIpc) is 1.53. The summed E-state index contributed by atoms with van der Waals surface area (Å²) in [6.45, 7) is 4.47. The highest BCUT2D eigenvalue weighted by molar-refractivity contribution is 6.16. The van der Waals surface area contributed by atoms with E-state index in [2.05, 4.69) is 436 Å². The lowest BCUT2D eigenvalue weighted by Gasteiger charge is -2.32. The number of rotatable bonds is 10. The highest BCUT2D eigenvalue weighted by Gasteiger charge is 2.42. The van der Waals surface area contributed by atoms with E-state index in [1.165, 1.54) is 117 Å². The quantitative estimate of drug-likeness (QED) is 0.133. The Bertz CT molecular complexity index is 8880. The highest BCUT2D eigenvalue weighted by atomic mass is 16.3. The van der Waals surface area contributed by atoms with Crippen molar-refractivity contribution < 1.29 is 4.42 Å². The molecule has 654 valence electrons. The predicted octanol–water partition coefficient (Wildman–Crippen LogP) is 33.3. The molecule has 11 heteroatoms. The molecule has 28 rings (SSSR count). The van der Waals surface area contributed by atoms with Gasteiger partial charge in [0.2, 0.25) is 5.95 Å². The first-order chi connectivity index (χ1) is 68.8. The summed E-state index contributed by atoms with van der Waals surface area (Å²) < 4.78 is 11.2. The van der Waals surface area contributed by atoms with Crippen LogP contribution in [0.5, 0.6) is 0 Å². The molecule has 0 atom stereocenters. The van der Waals surface area contributed by atoms with Crippen LogP contribution in [0.3, 0.4) is 0 Å². The minimum Gasteiger partial charge on any atom is -0.455 e. The molecule has 18 aromatic carbocycles. The standard InChI is InChI=1S/C51H33NO.C43H31N5.C34H22N4/c1-4-15-35(16-5-1)51(36-17-6-2-7-18-36)32-31-43-45(51)29-28-41-39-21-10-12-25-46(39)52(37-19-8-3-9-20-37)47-30-27-34(33-44(47)49(41)43)38-23-14-24-42-40-22-11-13-26-48(40)53-50(38)42;1-28-29(2)47(32-20-10-5-11-21-32)38-27-26-34-33-22-12-14-24-36(33)48(37-25-15-13-23-35(37)40(34)39(28)38)43-45-41(30-16-6-3-7-17-30)44-42(46-43)31-18-8-4-9-19-31;1-2-9-23(10-3-1)38-30-14-6-4-11-24(30)25-16-17-29-27(33(25)26-12-5-7-15-31(26)38)19-22-37(29)32-18-21-35-28-13-8-20-36-34(28)32/h1-33H;3-27H,1-2H3;1-22H. The summed E-state index contributed by atoms with van der Waals surface area (Å²) in [5.41, 5.74) is 42.7. The molecule has 0 amide bonds. The molecule has 0 N–H and O–H groups in total. The second-order valence-corrected chi connectivity index (χ2v) is 35.7. The van der Waals surface area contributed by atoms with Crippen LogP contribution >= 0.6 is 0 Å². The molecule has 0 radical (unpaired) electrons. The molecule has 24 aromatic rings. The largest absolute Gasteiger partial charge is 0.455 e. The van der Waals surface area contributed by atoms with E-state index in [0.29, 0.717) is 17.6 Å². The molecular formula is C128H86N10O. The third kappa shape index (κ3) is 13.4. The van der Waals surface area contributed by atoms with Crippen molar-refractivity contribution in [1.82, 2.24) is 34.1 Å². The summed E-state index contributed by atoms with van der Waals surface area (Å²) in [5, 5.41) is 4.73. The molecule has 11 nitrogen and oxygen atoms in total. The van der Waals surface area contributed by atoms with Crippen LogP contribution in [-0.2, 0) is 5.41 Å². The van der Waals surface area contributed by atoms with Gasteiger partial charge in [0, 0.05) is 124 Å². The van der Waals surface area contributed by atoms with Crippen molar-refractivity contribution in [1.29, 1.82) is 0 Å². The number of hydrogen-bond acceptors (Lipinski definition) is 9. The van der Waals surface area contributed by atoms with Gasteiger partial charge in [-0.2, -0.15) is 9.97 Å². The number of aromatic nitrogens is 7. The number of para-hydroxylation sites is 10. The molecule has 0 saturated carbocycles. The van der Waals surface area contributed by atoms with Gasteiger partial charge >= 0.3 is 0 Å². The summed E-state index contributed by atoms with van der Waals surface area (Å²) in [6, 6.07) is 162. The van der Waals surface area contributed by atoms with Crippen LogP contribution in [0.4, 0.5) is 51.4 Å². The first-order valence-electron chi connectivity index (χ1n) is 47.3. The average molecular weight is 1780 g/mol. The number of allylic oxidation sites excluding steroid dienone is 1. The van der Waals surface area contributed by atoms with E-state index in [0.717, 1.165) is 117 Å². The number of pyridine rings is 2.